The van der Waals surface area contributed by atoms with Crippen LogP contribution in [0.4, 0.5) is 0 Å². The molecule has 0 saturated carbocycles. The molecule has 0 spiro atoms. The molecule has 0 unspecified atom stereocenters. The summed E-state index contributed by atoms with van der Waals surface area (Å²) in [5.41, 5.74) is 2.12. The molecule has 0 atom stereocenters. The molecule has 2 aromatic carbocycles. The monoisotopic (exact) mass is 246 g/mol. The summed E-state index contributed by atoms with van der Waals surface area (Å²) in [7, 11) is 0. The molecule has 0 N–H and O–H groups in total. The Morgan fingerprint density at radius 3 is 2.47 bits per heavy atom. The summed E-state index contributed by atoms with van der Waals surface area (Å²) in [4.78, 5) is 0. The van der Waals surface area contributed by atoms with Gasteiger partial charge in [-0.3, -0.25) is 0 Å². The first kappa shape index (κ1) is 10.5. The predicted octanol–water partition coefficient (Wildman–Crippen LogP) is 3.78. The van der Waals surface area contributed by atoms with Gasteiger partial charge >= 0.3 is 0 Å². The fourth-order valence-electron chi connectivity index (χ4n) is 1.93. The van der Waals surface area contributed by atoms with Crippen molar-refractivity contribution < 1.29 is 9.47 Å². The molecule has 0 saturated heterocycles. The summed E-state index contributed by atoms with van der Waals surface area (Å²) in [6.07, 6.45) is 0. The average molecular weight is 247 g/mol. The van der Waals surface area contributed by atoms with Gasteiger partial charge in [0.15, 0.2) is 11.5 Å². The van der Waals surface area contributed by atoms with Crippen molar-refractivity contribution in [3.05, 3.63) is 47.5 Å². The highest BCUT2D eigenvalue weighted by molar-refractivity contribution is 6.30. The maximum absolute atomic E-state index is 5.89. The van der Waals surface area contributed by atoms with E-state index in [0.717, 1.165) is 27.6 Å². The van der Waals surface area contributed by atoms with Crippen LogP contribution in [0.2, 0.25) is 5.02 Å². The van der Waals surface area contributed by atoms with Gasteiger partial charge in [-0.1, -0.05) is 35.9 Å². The van der Waals surface area contributed by atoms with Crippen molar-refractivity contribution in [2.45, 2.75) is 0 Å². The summed E-state index contributed by atoms with van der Waals surface area (Å²) in [6.45, 7) is 1.20. The molecule has 2 aromatic rings. The van der Waals surface area contributed by atoms with E-state index in [2.05, 4.69) is 0 Å². The number of benzene rings is 2. The normalized spacial score (nSPS) is 13.5. The van der Waals surface area contributed by atoms with Gasteiger partial charge in [-0.2, -0.15) is 0 Å². The molecule has 1 heterocycles. The number of fused-ring (bicyclic) bond motifs is 1. The topological polar surface area (TPSA) is 18.5 Å². The zero-order chi connectivity index (χ0) is 11.7. The molecule has 17 heavy (non-hydrogen) atoms. The fraction of sp³-hybridized carbons (Fsp3) is 0.143. The van der Waals surface area contributed by atoms with Gasteiger partial charge in [0.1, 0.15) is 13.2 Å². The number of rotatable bonds is 1. The first-order valence-electron chi connectivity index (χ1n) is 5.49. The van der Waals surface area contributed by atoms with Crippen LogP contribution >= 0.6 is 11.6 Å². The van der Waals surface area contributed by atoms with Gasteiger partial charge in [-0.25, -0.2) is 0 Å². The molecular weight excluding hydrogens is 236 g/mol. The van der Waals surface area contributed by atoms with Crippen LogP contribution in [0.3, 0.4) is 0 Å². The molecule has 0 bridgehead atoms. The van der Waals surface area contributed by atoms with Crippen molar-refractivity contribution in [2.75, 3.05) is 13.2 Å². The number of para-hydroxylation sites is 1. The lowest BCUT2D eigenvalue weighted by Crippen LogP contribution is -2.15. The van der Waals surface area contributed by atoms with Gasteiger partial charge in [0.2, 0.25) is 0 Å². The SMILES string of the molecule is Clc1ccc(-c2cccc3c2OCCO3)cc1. The van der Waals surface area contributed by atoms with Crippen LogP contribution in [0.15, 0.2) is 42.5 Å². The average Bonchev–Trinajstić information content (AvgIpc) is 2.39. The van der Waals surface area contributed by atoms with Gasteiger partial charge in [0, 0.05) is 10.6 Å². The van der Waals surface area contributed by atoms with Crippen molar-refractivity contribution in [3.63, 3.8) is 0 Å². The van der Waals surface area contributed by atoms with Crippen LogP contribution in [-0.4, -0.2) is 13.2 Å². The van der Waals surface area contributed by atoms with Crippen LogP contribution in [-0.2, 0) is 0 Å². The number of halogens is 1. The molecule has 86 valence electrons. The molecule has 3 heteroatoms. The molecule has 2 nitrogen and oxygen atoms in total. The maximum Gasteiger partial charge on any atom is 0.169 e. The predicted molar refractivity (Wildman–Crippen MR) is 67.9 cm³/mol. The highest BCUT2D eigenvalue weighted by Crippen LogP contribution is 2.39. The minimum Gasteiger partial charge on any atom is -0.486 e. The summed E-state index contributed by atoms with van der Waals surface area (Å²) in [6, 6.07) is 13.6. The van der Waals surface area contributed by atoms with Crippen molar-refractivity contribution in [3.8, 4) is 22.6 Å². The van der Waals surface area contributed by atoms with Gasteiger partial charge in [-0.15, -0.1) is 0 Å². The zero-order valence-corrected chi connectivity index (χ0v) is 9.91. The molecule has 0 fully saturated rings. The third-order valence-electron chi connectivity index (χ3n) is 2.72. The van der Waals surface area contributed by atoms with E-state index in [0.29, 0.717) is 13.2 Å². The summed E-state index contributed by atoms with van der Waals surface area (Å²) in [5, 5.41) is 0.732. The van der Waals surface area contributed by atoms with E-state index in [1.807, 2.05) is 42.5 Å². The molecule has 0 amide bonds. The highest BCUT2D eigenvalue weighted by Gasteiger charge is 2.16. The van der Waals surface area contributed by atoms with Crippen molar-refractivity contribution in [2.24, 2.45) is 0 Å². The van der Waals surface area contributed by atoms with Crippen LogP contribution in [0.1, 0.15) is 0 Å². The van der Waals surface area contributed by atoms with Crippen molar-refractivity contribution in [1.82, 2.24) is 0 Å². The lowest BCUT2D eigenvalue weighted by molar-refractivity contribution is 0.172. The fourth-order valence-corrected chi connectivity index (χ4v) is 2.06. The molecule has 0 aliphatic carbocycles. The minimum atomic E-state index is 0.595. The Bertz CT molecular complexity index is 534. The van der Waals surface area contributed by atoms with E-state index in [4.69, 9.17) is 21.1 Å². The van der Waals surface area contributed by atoms with Crippen LogP contribution in [0.5, 0.6) is 11.5 Å². The Hall–Kier alpha value is -1.67. The van der Waals surface area contributed by atoms with Crippen LogP contribution < -0.4 is 9.47 Å². The number of ether oxygens (including phenoxy) is 2. The third kappa shape index (κ3) is 1.96. The van der Waals surface area contributed by atoms with E-state index >= 15 is 0 Å². The second-order valence-corrected chi connectivity index (χ2v) is 4.27. The Kier molecular flexibility index (Phi) is 2.65. The van der Waals surface area contributed by atoms with Crippen LogP contribution in [0, 0.1) is 0 Å². The van der Waals surface area contributed by atoms with Crippen LogP contribution in [0.25, 0.3) is 11.1 Å². The molecule has 0 aromatic heterocycles. The molecule has 1 aliphatic heterocycles. The summed E-state index contributed by atoms with van der Waals surface area (Å²) >= 11 is 5.89. The second-order valence-electron chi connectivity index (χ2n) is 3.84. The minimum absolute atomic E-state index is 0.595. The Balaban J connectivity index is 2.11. The number of hydrogen-bond donors (Lipinski definition) is 0. The Morgan fingerprint density at radius 2 is 1.65 bits per heavy atom. The number of hydrogen-bond acceptors (Lipinski definition) is 2. The third-order valence-corrected chi connectivity index (χ3v) is 2.97. The Morgan fingerprint density at radius 1 is 0.882 bits per heavy atom. The first-order valence-corrected chi connectivity index (χ1v) is 5.87. The van der Waals surface area contributed by atoms with Gasteiger partial charge in [-0.05, 0) is 23.8 Å². The van der Waals surface area contributed by atoms with E-state index in [1.165, 1.54) is 0 Å². The van der Waals surface area contributed by atoms with E-state index in [-0.39, 0.29) is 0 Å². The van der Waals surface area contributed by atoms with Crippen molar-refractivity contribution >= 4 is 11.6 Å². The molecule has 0 radical (unpaired) electrons. The summed E-state index contributed by atoms with van der Waals surface area (Å²) < 4.78 is 11.2. The van der Waals surface area contributed by atoms with Gasteiger partial charge in [0.25, 0.3) is 0 Å². The quantitative estimate of drug-likeness (QED) is 0.762. The van der Waals surface area contributed by atoms with Gasteiger partial charge < -0.3 is 9.47 Å². The second kappa shape index (κ2) is 4.30. The molecule has 3 rings (SSSR count). The standard InChI is InChI=1S/C14H11ClO2/c15-11-6-4-10(5-7-11)12-2-1-3-13-14(12)17-9-8-16-13/h1-7H,8-9H2. The van der Waals surface area contributed by atoms with E-state index in [1.54, 1.807) is 0 Å². The zero-order valence-electron chi connectivity index (χ0n) is 9.15. The highest BCUT2D eigenvalue weighted by atomic mass is 35.5. The van der Waals surface area contributed by atoms with E-state index < -0.39 is 0 Å². The molecule has 1 aliphatic rings. The van der Waals surface area contributed by atoms with E-state index in [9.17, 15) is 0 Å². The lowest BCUT2D eigenvalue weighted by Gasteiger charge is -2.21. The summed E-state index contributed by atoms with van der Waals surface area (Å²) in [5.74, 6) is 1.63. The van der Waals surface area contributed by atoms with Gasteiger partial charge in [0.05, 0.1) is 0 Å². The maximum atomic E-state index is 5.89. The molecular formula is C14H11ClO2. The smallest absolute Gasteiger partial charge is 0.169 e. The first-order chi connectivity index (χ1) is 8.34. The largest absolute Gasteiger partial charge is 0.486 e. The van der Waals surface area contributed by atoms with Crippen molar-refractivity contribution in [1.29, 1.82) is 0 Å². The Labute approximate surface area is 105 Å². The lowest BCUT2D eigenvalue weighted by atomic mass is 10.0.